The summed E-state index contributed by atoms with van der Waals surface area (Å²) >= 11 is 0. The Morgan fingerprint density at radius 2 is 1.89 bits per heavy atom. The van der Waals surface area contributed by atoms with Crippen LogP contribution < -0.4 is 0 Å². The van der Waals surface area contributed by atoms with Gasteiger partial charge >= 0.3 is 11.9 Å². The van der Waals surface area contributed by atoms with E-state index in [2.05, 4.69) is 0 Å². The quantitative estimate of drug-likeness (QED) is 0.297. The van der Waals surface area contributed by atoms with Crippen molar-refractivity contribution in [3.63, 3.8) is 0 Å². The van der Waals surface area contributed by atoms with Gasteiger partial charge in [0, 0.05) is 18.9 Å². The van der Waals surface area contributed by atoms with E-state index in [-0.39, 0.29) is 36.9 Å². The molecule has 138 valence electrons. The van der Waals surface area contributed by atoms with Gasteiger partial charge in [-0.3, -0.25) is 0 Å². The second kappa shape index (κ2) is 10.3. The van der Waals surface area contributed by atoms with E-state index < -0.39 is 11.9 Å². The zero-order valence-corrected chi connectivity index (χ0v) is 14.3. The Balaban J connectivity index is 1.71. The van der Waals surface area contributed by atoms with Crippen LogP contribution in [-0.2, 0) is 23.8 Å². The minimum absolute atomic E-state index is 0.0430. The number of hydrogen-bond acceptors (Lipinski definition) is 8. The van der Waals surface area contributed by atoms with Crippen molar-refractivity contribution in [2.24, 2.45) is 0 Å². The van der Waals surface area contributed by atoms with E-state index in [1.54, 1.807) is 30.3 Å². The number of esters is 2. The fourth-order valence-corrected chi connectivity index (χ4v) is 2.04. The number of nitriles is 2. The molecular weight excluding hydrogens is 352 g/mol. The van der Waals surface area contributed by atoms with Gasteiger partial charge < -0.3 is 18.6 Å². The van der Waals surface area contributed by atoms with E-state index in [9.17, 15) is 9.59 Å². The van der Waals surface area contributed by atoms with Crippen LogP contribution in [-0.4, -0.2) is 31.3 Å². The van der Waals surface area contributed by atoms with Crippen LogP contribution in [0.2, 0.25) is 0 Å². The van der Waals surface area contributed by atoms with Gasteiger partial charge in [-0.2, -0.15) is 10.5 Å². The smallest absolute Gasteiger partial charge is 0.349 e. The van der Waals surface area contributed by atoms with Crippen LogP contribution in [0.1, 0.15) is 18.6 Å². The molecule has 0 radical (unpaired) electrons. The maximum absolute atomic E-state index is 11.8. The lowest BCUT2D eigenvalue weighted by Crippen LogP contribution is -2.14. The highest BCUT2D eigenvalue weighted by Crippen LogP contribution is 2.13. The van der Waals surface area contributed by atoms with Gasteiger partial charge in [-0.1, -0.05) is 0 Å². The fourth-order valence-electron chi connectivity index (χ4n) is 2.04. The summed E-state index contributed by atoms with van der Waals surface area (Å²) in [7, 11) is 0. The van der Waals surface area contributed by atoms with Crippen molar-refractivity contribution >= 4 is 18.0 Å². The van der Waals surface area contributed by atoms with Gasteiger partial charge in [0.05, 0.1) is 25.7 Å². The lowest BCUT2D eigenvalue weighted by molar-refractivity contribution is -0.140. The zero-order chi connectivity index (χ0) is 19.5. The molecule has 0 aromatic carbocycles. The predicted molar refractivity (Wildman–Crippen MR) is 91.2 cm³/mol. The average molecular weight is 368 g/mol. The van der Waals surface area contributed by atoms with E-state index in [0.29, 0.717) is 12.2 Å². The van der Waals surface area contributed by atoms with Crippen LogP contribution in [0.3, 0.4) is 0 Å². The normalized spacial score (nSPS) is 16.1. The maximum atomic E-state index is 11.8. The summed E-state index contributed by atoms with van der Waals surface area (Å²) < 4.78 is 20.1. The monoisotopic (exact) mass is 368 g/mol. The maximum Gasteiger partial charge on any atom is 0.349 e. The molecule has 0 N–H and O–H groups in total. The Labute approximate surface area is 155 Å². The topological polar surface area (TPSA) is 123 Å². The first-order valence-corrected chi connectivity index (χ1v) is 8.06. The number of furan rings is 1. The SMILES string of the molecule is N#C/C(=C\c1ccco1)C(=O)OCCCOC(=O)/C(C#N)=C/C1CC=CO1. The Morgan fingerprint density at radius 1 is 1.19 bits per heavy atom. The zero-order valence-electron chi connectivity index (χ0n) is 14.3. The minimum atomic E-state index is -0.802. The summed E-state index contributed by atoms with van der Waals surface area (Å²) in [4.78, 5) is 23.6. The fraction of sp³-hybridized carbons (Fsp3) is 0.263. The number of nitrogens with zero attached hydrogens (tertiary/aromatic N) is 2. The Kier molecular flexibility index (Phi) is 7.43. The molecule has 0 saturated carbocycles. The van der Waals surface area contributed by atoms with Crippen molar-refractivity contribution in [2.45, 2.75) is 18.9 Å². The van der Waals surface area contributed by atoms with Crippen molar-refractivity contribution in [3.05, 3.63) is 53.7 Å². The molecule has 2 rings (SSSR count). The van der Waals surface area contributed by atoms with Crippen molar-refractivity contribution in [1.82, 2.24) is 0 Å². The number of rotatable bonds is 8. The number of carbonyl (C=O) groups is 2. The molecule has 0 saturated heterocycles. The highest BCUT2D eigenvalue weighted by atomic mass is 16.5. The van der Waals surface area contributed by atoms with E-state index in [4.69, 9.17) is 29.2 Å². The summed E-state index contributed by atoms with van der Waals surface area (Å²) in [5.41, 5.74) is -0.351. The molecule has 0 bridgehead atoms. The van der Waals surface area contributed by atoms with Crippen molar-refractivity contribution < 1.29 is 28.2 Å². The lowest BCUT2D eigenvalue weighted by atomic mass is 10.2. The summed E-state index contributed by atoms with van der Waals surface area (Å²) in [6, 6.07) is 6.73. The standard InChI is InChI=1S/C19H16N2O6/c20-12-14(10-16-4-1-6-24-16)18(22)26-8-3-9-27-19(23)15(13-21)11-17-5-2-7-25-17/h1-2,4,6-7,10-11,17H,3,5,8-9H2/b14-10+,15-11+. The summed E-state index contributed by atoms with van der Waals surface area (Å²) in [5, 5.41) is 18.0. The van der Waals surface area contributed by atoms with Gasteiger partial charge in [0.15, 0.2) is 0 Å². The molecule has 0 amide bonds. The molecule has 0 aliphatic carbocycles. The largest absolute Gasteiger partial charge is 0.494 e. The molecule has 8 heteroatoms. The van der Waals surface area contributed by atoms with Crippen LogP contribution in [0.4, 0.5) is 0 Å². The summed E-state index contributed by atoms with van der Waals surface area (Å²) in [6.07, 6.45) is 7.83. The third-order valence-corrected chi connectivity index (χ3v) is 3.34. The van der Waals surface area contributed by atoms with Gasteiger partial charge in [0.25, 0.3) is 0 Å². The molecule has 1 aliphatic rings. The van der Waals surface area contributed by atoms with E-state index in [1.807, 2.05) is 0 Å². The van der Waals surface area contributed by atoms with E-state index in [1.165, 1.54) is 24.7 Å². The first-order chi connectivity index (χ1) is 13.1. The molecule has 1 aliphatic heterocycles. The van der Waals surface area contributed by atoms with E-state index in [0.717, 1.165) is 0 Å². The van der Waals surface area contributed by atoms with Crippen LogP contribution in [0.25, 0.3) is 6.08 Å². The molecule has 1 atom stereocenters. The molecule has 8 nitrogen and oxygen atoms in total. The van der Waals surface area contributed by atoms with Gasteiger partial charge in [0.1, 0.15) is 35.1 Å². The second-order valence-corrected chi connectivity index (χ2v) is 5.28. The van der Waals surface area contributed by atoms with Crippen molar-refractivity contribution in [3.8, 4) is 12.1 Å². The molecule has 2 heterocycles. The van der Waals surface area contributed by atoms with Gasteiger partial charge in [-0.05, 0) is 24.3 Å². The van der Waals surface area contributed by atoms with Gasteiger partial charge in [-0.15, -0.1) is 0 Å². The summed E-state index contributed by atoms with van der Waals surface area (Å²) in [6.45, 7) is -0.0940. The Morgan fingerprint density at radius 3 is 2.44 bits per heavy atom. The third kappa shape index (κ3) is 6.22. The first kappa shape index (κ1) is 19.5. The Bertz CT molecular complexity index is 829. The van der Waals surface area contributed by atoms with Crippen LogP contribution in [0.5, 0.6) is 0 Å². The molecule has 0 fully saturated rings. The highest BCUT2D eigenvalue weighted by molar-refractivity contribution is 5.97. The number of carbonyl (C=O) groups excluding carboxylic acids is 2. The molecule has 27 heavy (non-hydrogen) atoms. The van der Waals surface area contributed by atoms with Crippen LogP contribution >= 0.6 is 0 Å². The average Bonchev–Trinajstić information content (AvgIpc) is 3.37. The summed E-state index contributed by atoms with van der Waals surface area (Å²) in [5.74, 6) is -1.21. The molecule has 1 unspecified atom stereocenters. The molecular formula is C19H16N2O6. The lowest BCUT2D eigenvalue weighted by Gasteiger charge is -2.07. The predicted octanol–water partition coefficient (Wildman–Crippen LogP) is 2.42. The number of hydrogen-bond donors (Lipinski definition) is 0. The van der Waals surface area contributed by atoms with Crippen molar-refractivity contribution in [2.75, 3.05) is 13.2 Å². The van der Waals surface area contributed by atoms with Gasteiger partial charge in [0.2, 0.25) is 0 Å². The van der Waals surface area contributed by atoms with Gasteiger partial charge in [-0.25, -0.2) is 9.59 Å². The Hall–Kier alpha value is -3.78. The first-order valence-electron chi connectivity index (χ1n) is 8.06. The molecule has 1 aromatic heterocycles. The highest BCUT2D eigenvalue weighted by Gasteiger charge is 2.16. The second-order valence-electron chi connectivity index (χ2n) is 5.28. The van der Waals surface area contributed by atoms with Crippen LogP contribution in [0, 0.1) is 22.7 Å². The number of ether oxygens (including phenoxy) is 3. The minimum Gasteiger partial charge on any atom is -0.494 e. The van der Waals surface area contributed by atoms with Crippen molar-refractivity contribution in [1.29, 1.82) is 10.5 Å². The third-order valence-electron chi connectivity index (χ3n) is 3.34. The van der Waals surface area contributed by atoms with Crippen LogP contribution in [0.15, 0.2) is 52.4 Å². The molecule has 1 aromatic rings. The molecule has 0 spiro atoms. The van der Waals surface area contributed by atoms with E-state index >= 15 is 0 Å².